The van der Waals surface area contributed by atoms with E-state index in [1.165, 1.54) is 0 Å². The van der Waals surface area contributed by atoms with Gasteiger partial charge in [-0.2, -0.15) is 0 Å². The van der Waals surface area contributed by atoms with Crippen LogP contribution in [0.4, 0.5) is 5.82 Å². The monoisotopic (exact) mass is 270 g/mol. The fraction of sp³-hybridized carbons (Fsp3) is 0.438. The first-order valence-corrected chi connectivity index (χ1v) is 7.19. The molecule has 2 aromatic rings. The zero-order valence-electron chi connectivity index (χ0n) is 12.7. The molecule has 4 heteroatoms. The topological polar surface area (TPSA) is 50.7 Å². The van der Waals surface area contributed by atoms with Crippen molar-refractivity contribution in [3.63, 3.8) is 0 Å². The molecule has 0 aromatic carbocycles. The zero-order valence-corrected chi connectivity index (χ0v) is 12.7. The van der Waals surface area contributed by atoms with E-state index in [-0.39, 0.29) is 0 Å². The summed E-state index contributed by atoms with van der Waals surface area (Å²) in [5.74, 6) is 1.81. The molecule has 0 saturated heterocycles. The third-order valence-corrected chi connectivity index (χ3v) is 3.20. The van der Waals surface area contributed by atoms with Gasteiger partial charge in [-0.1, -0.05) is 13.8 Å². The van der Waals surface area contributed by atoms with Crippen LogP contribution in [-0.2, 0) is 6.42 Å². The predicted octanol–water partition coefficient (Wildman–Crippen LogP) is 3.54. The Kier molecular flexibility index (Phi) is 4.66. The van der Waals surface area contributed by atoms with Crippen molar-refractivity contribution in [3.05, 3.63) is 35.4 Å². The number of hydrogen-bond acceptors (Lipinski definition) is 4. The highest BCUT2D eigenvalue weighted by Crippen LogP contribution is 2.26. The van der Waals surface area contributed by atoms with Crippen LogP contribution in [0.25, 0.3) is 11.3 Å². The Bertz CT molecular complexity index is 593. The lowest BCUT2D eigenvalue weighted by atomic mass is 10.1. The molecule has 0 unspecified atom stereocenters. The van der Waals surface area contributed by atoms with E-state index in [9.17, 15) is 0 Å². The zero-order chi connectivity index (χ0) is 14.5. The second-order valence-electron chi connectivity index (χ2n) is 4.99. The number of nitrogens with zero attached hydrogens (tertiary/aromatic N) is 3. The molecule has 1 N–H and O–H groups in total. The fourth-order valence-electron chi connectivity index (χ4n) is 2.10. The summed E-state index contributed by atoms with van der Waals surface area (Å²) in [6, 6.07) is 2.12. The van der Waals surface area contributed by atoms with E-state index in [0.29, 0.717) is 0 Å². The maximum Gasteiger partial charge on any atom is 0.133 e. The van der Waals surface area contributed by atoms with E-state index in [2.05, 4.69) is 47.1 Å². The van der Waals surface area contributed by atoms with Crippen molar-refractivity contribution >= 4 is 5.82 Å². The summed E-state index contributed by atoms with van der Waals surface area (Å²) >= 11 is 0. The van der Waals surface area contributed by atoms with Crippen LogP contribution >= 0.6 is 0 Å². The molecule has 0 spiro atoms. The standard InChI is InChI=1S/C16H22N4/c1-5-7-18-16-12(4)15(19-14(6-2)20-16)13-8-11(3)9-17-10-13/h8-10H,5-7H2,1-4H3,(H,18,19,20). The van der Waals surface area contributed by atoms with Crippen molar-refractivity contribution < 1.29 is 0 Å². The summed E-state index contributed by atoms with van der Waals surface area (Å²) in [5.41, 5.74) is 4.26. The van der Waals surface area contributed by atoms with E-state index in [4.69, 9.17) is 0 Å². The molecule has 2 rings (SSSR count). The Labute approximate surface area is 120 Å². The lowest BCUT2D eigenvalue weighted by Gasteiger charge is -2.13. The Morgan fingerprint density at radius 3 is 2.55 bits per heavy atom. The largest absolute Gasteiger partial charge is 0.370 e. The van der Waals surface area contributed by atoms with Crippen LogP contribution in [-0.4, -0.2) is 21.5 Å². The van der Waals surface area contributed by atoms with Gasteiger partial charge in [0.2, 0.25) is 0 Å². The highest BCUT2D eigenvalue weighted by molar-refractivity contribution is 5.67. The SMILES string of the molecule is CCCNc1nc(CC)nc(-c2cncc(C)c2)c1C. The van der Waals surface area contributed by atoms with Crippen LogP contribution in [0.5, 0.6) is 0 Å². The number of rotatable bonds is 5. The van der Waals surface area contributed by atoms with Gasteiger partial charge in [0.05, 0.1) is 5.69 Å². The summed E-state index contributed by atoms with van der Waals surface area (Å²) in [6.07, 6.45) is 5.63. The molecule has 20 heavy (non-hydrogen) atoms. The van der Waals surface area contributed by atoms with Crippen molar-refractivity contribution in [3.8, 4) is 11.3 Å². The molecular weight excluding hydrogens is 248 g/mol. The maximum atomic E-state index is 4.68. The van der Waals surface area contributed by atoms with Gasteiger partial charge in [-0.05, 0) is 31.9 Å². The minimum atomic E-state index is 0.827. The van der Waals surface area contributed by atoms with Crippen LogP contribution < -0.4 is 5.32 Å². The number of pyridine rings is 1. The van der Waals surface area contributed by atoms with Crippen LogP contribution in [0.3, 0.4) is 0 Å². The summed E-state index contributed by atoms with van der Waals surface area (Å²) in [4.78, 5) is 13.5. The molecular formula is C16H22N4. The molecule has 0 radical (unpaired) electrons. The first-order valence-electron chi connectivity index (χ1n) is 7.19. The minimum absolute atomic E-state index is 0.827. The van der Waals surface area contributed by atoms with Gasteiger partial charge in [-0.3, -0.25) is 4.98 Å². The van der Waals surface area contributed by atoms with Crippen LogP contribution in [0.15, 0.2) is 18.5 Å². The van der Waals surface area contributed by atoms with E-state index >= 15 is 0 Å². The van der Waals surface area contributed by atoms with Crippen molar-refractivity contribution in [1.82, 2.24) is 15.0 Å². The van der Waals surface area contributed by atoms with Crippen molar-refractivity contribution in [2.24, 2.45) is 0 Å². The van der Waals surface area contributed by atoms with Crippen molar-refractivity contribution in [2.75, 3.05) is 11.9 Å². The molecule has 4 nitrogen and oxygen atoms in total. The first-order chi connectivity index (χ1) is 9.65. The molecule has 0 amide bonds. The fourth-order valence-corrected chi connectivity index (χ4v) is 2.10. The van der Waals surface area contributed by atoms with Gasteiger partial charge in [0.25, 0.3) is 0 Å². The summed E-state index contributed by atoms with van der Waals surface area (Å²) in [6.45, 7) is 9.26. The van der Waals surface area contributed by atoms with Gasteiger partial charge in [-0.15, -0.1) is 0 Å². The number of nitrogens with one attached hydrogen (secondary N) is 1. The lowest BCUT2D eigenvalue weighted by molar-refractivity contribution is 0.910. The molecule has 106 valence electrons. The lowest BCUT2D eigenvalue weighted by Crippen LogP contribution is -2.08. The highest BCUT2D eigenvalue weighted by Gasteiger charge is 2.12. The summed E-state index contributed by atoms with van der Waals surface area (Å²) in [7, 11) is 0. The smallest absolute Gasteiger partial charge is 0.133 e. The molecule has 0 aliphatic carbocycles. The van der Waals surface area contributed by atoms with Crippen LogP contribution in [0.2, 0.25) is 0 Å². The molecule has 0 fully saturated rings. The molecule has 0 bridgehead atoms. The first kappa shape index (κ1) is 14.4. The molecule has 0 aliphatic rings. The van der Waals surface area contributed by atoms with E-state index in [1.54, 1.807) is 0 Å². The third-order valence-electron chi connectivity index (χ3n) is 3.20. The Morgan fingerprint density at radius 1 is 1.10 bits per heavy atom. The highest BCUT2D eigenvalue weighted by atomic mass is 15.0. The molecule has 0 atom stereocenters. The molecule has 0 saturated carbocycles. The summed E-state index contributed by atoms with van der Waals surface area (Å²) < 4.78 is 0. The van der Waals surface area contributed by atoms with Crippen LogP contribution in [0.1, 0.15) is 37.2 Å². The average molecular weight is 270 g/mol. The number of aryl methyl sites for hydroxylation is 2. The van der Waals surface area contributed by atoms with Gasteiger partial charge < -0.3 is 5.32 Å². The van der Waals surface area contributed by atoms with E-state index in [0.717, 1.165) is 53.4 Å². The Hall–Kier alpha value is -1.97. The predicted molar refractivity (Wildman–Crippen MR) is 82.9 cm³/mol. The normalized spacial score (nSPS) is 10.6. The Morgan fingerprint density at radius 2 is 1.90 bits per heavy atom. The van der Waals surface area contributed by atoms with Crippen molar-refractivity contribution in [2.45, 2.75) is 40.5 Å². The van der Waals surface area contributed by atoms with Gasteiger partial charge in [-0.25, -0.2) is 9.97 Å². The molecule has 2 aromatic heterocycles. The van der Waals surface area contributed by atoms with E-state index < -0.39 is 0 Å². The number of hydrogen-bond donors (Lipinski definition) is 1. The molecule has 0 aliphatic heterocycles. The van der Waals surface area contributed by atoms with Gasteiger partial charge in [0.1, 0.15) is 11.6 Å². The van der Waals surface area contributed by atoms with Gasteiger partial charge in [0, 0.05) is 36.5 Å². The second kappa shape index (κ2) is 6.46. The Balaban J connectivity index is 2.51. The van der Waals surface area contributed by atoms with E-state index in [1.807, 2.05) is 19.3 Å². The number of anilines is 1. The number of aromatic nitrogens is 3. The minimum Gasteiger partial charge on any atom is -0.370 e. The van der Waals surface area contributed by atoms with Crippen molar-refractivity contribution in [1.29, 1.82) is 0 Å². The van der Waals surface area contributed by atoms with Crippen LogP contribution in [0, 0.1) is 13.8 Å². The summed E-state index contributed by atoms with van der Waals surface area (Å²) in [5, 5.41) is 3.39. The quantitative estimate of drug-likeness (QED) is 0.903. The molecule has 2 heterocycles. The van der Waals surface area contributed by atoms with Gasteiger partial charge >= 0.3 is 0 Å². The van der Waals surface area contributed by atoms with Gasteiger partial charge in [0.15, 0.2) is 0 Å². The third kappa shape index (κ3) is 3.13. The average Bonchev–Trinajstić information content (AvgIpc) is 2.46. The second-order valence-corrected chi connectivity index (χ2v) is 4.99. The maximum absolute atomic E-state index is 4.68.